The second-order valence-electron chi connectivity index (χ2n) is 10.7. The second-order valence-corrected chi connectivity index (χ2v) is 12.5. The van der Waals surface area contributed by atoms with E-state index in [0.717, 1.165) is 10.3 Å². The van der Waals surface area contributed by atoms with Gasteiger partial charge >= 0.3 is 7.60 Å². The van der Waals surface area contributed by atoms with Crippen LogP contribution in [0.25, 0.3) is 10.8 Å². The Morgan fingerprint density at radius 2 is 1.56 bits per heavy atom. The average molecular weight is 590 g/mol. The van der Waals surface area contributed by atoms with E-state index < -0.39 is 43.2 Å². The fourth-order valence-electron chi connectivity index (χ4n) is 5.05. The highest BCUT2D eigenvalue weighted by Gasteiger charge is 2.38. The van der Waals surface area contributed by atoms with E-state index in [-0.39, 0.29) is 31.2 Å². The van der Waals surface area contributed by atoms with E-state index in [2.05, 4.69) is 16.0 Å². The van der Waals surface area contributed by atoms with Crippen molar-refractivity contribution in [2.75, 3.05) is 20.1 Å². The zero-order chi connectivity index (χ0) is 30.3. The standard InChI is InChI=1S/C28H40N5O7P/c1-17(2)16-22(26(35)32-21(25(34)30-3)12-4-5-14-29)31-23(41(38,39)40)13-15-33-27(36)19-10-6-8-18-9-7-11-20(24(18)19)28(33)37/h6-11,17,21-23,31H,4-5,12-16,29H2,1-3H3,(H,30,34)(H,32,35)(H2,38,39,40)/t21?,22-,23-/m0/s1. The summed E-state index contributed by atoms with van der Waals surface area (Å²) in [7, 11) is -3.39. The molecule has 3 atom stereocenters. The van der Waals surface area contributed by atoms with E-state index in [1.165, 1.54) is 7.05 Å². The van der Waals surface area contributed by atoms with Crippen molar-refractivity contribution in [2.24, 2.45) is 11.7 Å². The minimum absolute atomic E-state index is 0.0337. The number of carbonyl (C=O) groups is 4. The smallest absolute Gasteiger partial charge is 0.342 e. The van der Waals surface area contributed by atoms with E-state index in [0.29, 0.717) is 42.3 Å². The molecule has 13 heteroatoms. The molecule has 0 fully saturated rings. The molecule has 224 valence electrons. The molecule has 1 heterocycles. The summed E-state index contributed by atoms with van der Waals surface area (Å²) in [5.74, 6) is -3.63. The van der Waals surface area contributed by atoms with Gasteiger partial charge in [-0.15, -0.1) is 0 Å². The molecule has 12 nitrogen and oxygen atoms in total. The molecular weight excluding hydrogens is 549 g/mol. The van der Waals surface area contributed by atoms with E-state index in [1.807, 2.05) is 13.8 Å². The quantitative estimate of drug-likeness (QED) is 0.102. The first-order valence-electron chi connectivity index (χ1n) is 13.8. The molecule has 41 heavy (non-hydrogen) atoms. The van der Waals surface area contributed by atoms with Gasteiger partial charge in [-0.05, 0) is 62.1 Å². The first-order valence-corrected chi connectivity index (χ1v) is 15.5. The molecular formula is C28H40N5O7P. The highest BCUT2D eigenvalue weighted by molar-refractivity contribution is 7.52. The maximum atomic E-state index is 13.3. The lowest BCUT2D eigenvalue weighted by Crippen LogP contribution is -2.54. The zero-order valence-electron chi connectivity index (χ0n) is 23.6. The lowest BCUT2D eigenvalue weighted by molar-refractivity contribution is -0.130. The van der Waals surface area contributed by atoms with E-state index in [1.54, 1.807) is 36.4 Å². The number of nitrogens with zero attached hydrogens (tertiary/aromatic N) is 1. The van der Waals surface area contributed by atoms with Crippen molar-refractivity contribution >= 4 is 42.0 Å². The number of imide groups is 1. The minimum atomic E-state index is -4.85. The highest BCUT2D eigenvalue weighted by Crippen LogP contribution is 2.42. The average Bonchev–Trinajstić information content (AvgIpc) is 2.92. The van der Waals surface area contributed by atoms with Gasteiger partial charge in [0.2, 0.25) is 11.8 Å². The molecule has 0 radical (unpaired) electrons. The Labute approximate surface area is 239 Å². The summed E-state index contributed by atoms with van der Waals surface area (Å²) in [5.41, 5.74) is 6.22. The number of nitrogens with two attached hydrogens (primary N) is 1. The number of benzene rings is 2. The molecule has 0 aliphatic carbocycles. The van der Waals surface area contributed by atoms with Crippen molar-refractivity contribution in [1.29, 1.82) is 0 Å². The Morgan fingerprint density at radius 3 is 2.07 bits per heavy atom. The van der Waals surface area contributed by atoms with Crippen LogP contribution in [0.3, 0.4) is 0 Å². The van der Waals surface area contributed by atoms with Crippen LogP contribution >= 0.6 is 7.60 Å². The predicted molar refractivity (Wildman–Crippen MR) is 155 cm³/mol. The fourth-order valence-corrected chi connectivity index (χ4v) is 5.87. The SMILES string of the molecule is CNC(=O)C(CCCCN)NC(=O)[C@H](CC(C)C)N[C@H](CCN1C(=O)c2cccc3cccc(c23)C1=O)P(=O)(O)O. The molecule has 0 saturated carbocycles. The van der Waals surface area contributed by atoms with Crippen molar-refractivity contribution in [2.45, 2.75) is 63.8 Å². The first kappa shape index (κ1) is 32.4. The number of nitrogens with one attached hydrogen (secondary N) is 3. The highest BCUT2D eigenvalue weighted by atomic mass is 31.2. The Kier molecular flexibility index (Phi) is 11.2. The summed E-state index contributed by atoms with van der Waals surface area (Å²) in [6.07, 6.45) is 1.56. The molecule has 0 bridgehead atoms. The summed E-state index contributed by atoms with van der Waals surface area (Å²) >= 11 is 0. The van der Waals surface area contributed by atoms with Gasteiger partial charge < -0.3 is 26.2 Å². The monoisotopic (exact) mass is 589 g/mol. The third-order valence-electron chi connectivity index (χ3n) is 7.13. The summed E-state index contributed by atoms with van der Waals surface area (Å²) in [5, 5.41) is 9.31. The predicted octanol–water partition coefficient (Wildman–Crippen LogP) is 1.69. The van der Waals surface area contributed by atoms with Crippen LogP contribution in [-0.4, -0.2) is 76.3 Å². The number of rotatable bonds is 15. The molecule has 1 aliphatic heterocycles. The molecule has 7 N–H and O–H groups in total. The summed E-state index contributed by atoms with van der Waals surface area (Å²) in [6, 6.07) is 8.39. The maximum absolute atomic E-state index is 13.3. The number of amides is 4. The van der Waals surface area contributed by atoms with Gasteiger partial charge in [0.1, 0.15) is 11.8 Å². The van der Waals surface area contributed by atoms with Gasteiger partial charge in [-0.1, -0.05) is 38.1 Å². The van der Waals surface area contributed by atoms with Crippen LogP contribution in [0.1, 0.15) is 66.7 Å². The molecule has 2 aromatic carbocycles. The van der Waals surface area contributed by atoms with Crippen LogP contribution in [0, 0.1) is 5.92 Å². The number of unbranched alkanes of at least 4 members (excludes halogenated alkanes) is 1. The van der Waals surface area contributed by atoms with Crippen molar-refractivity contribution in [1.82, 2.24) is 20.9 Å². The summed E-state index contributed by atoms with van der Waals surface area (Å²) in [4.78, 5) is 73.6. The van der Waals surface area contributed by atoms with Gasteiger partial charge in [0, 0.05) is 30.1 Å². The van der Waals surface area contributed by atoms with Crippen LogP contribution < -0.4 is 21.7 Å². The first-order chi connectivity index (χ1) is 19.4. The van der Waals surface area contributed by atoms with Crippen LogP contribution in [0.15, 0.2) is 36.4 Å². The molecule has 0 saturated heterocycles. The number of likely N-dealkylation sites (N-methyl/N-ethyl adjacent to an activating group) is 1. The van der Waals surface area contributed by atoms with E-state index in [4.69, 9.17) is 5.73 Å². The van der Waals surface area contributed by atoms with Crippen LogP contribution in [0.5, 0.6) is 0 Å². The lowest BCUT2D eigenvalue weighted by Gasteiger charge is -2.31. The number of hydrogen-bond donors (Lipinski definition) is 6. The number of carbonyl (C=O) groups excluding carboxylic acids is 4. The number of hydrogen-bond acceptors (Lipinski definition) is 7. The van der Waals surface area contributed by atoms with Gasteiger partial charge in [0.15, 0.2) is 0 Å². The van der Waals surface area contributed by atoms with Crippen molar-refractivity contribution < 1.29 is 33.5 Å². The van der Waals surface area contributed by atoms with Crippen molar-refractivity contribution in [3.05, 3.63) is 47.5 Å². The van der Waals surface area contributed by atoms with Gasteiger partial charge in [0.25, 0.3) is 11.8 Å². The maximum Gasteiger partial charge on any atom is 0.342 e. The Balaban J connectivity index is 1.79. The third-order valence-corrected chi connectivity index (χ3v) is 8.35. The lowest BCUT2D eigenvalue weighted by atomic mass is 9.94. The van der Waals surface area contributed by atoms with Gasteiger partial charge in [-0.25, -0.2) is 0 Å². The van der Waals surface area contributed by atoms with Crippen molar-refractivity contribution in [3.63, 3.8) is 0 Å². The van der Waals surface area contributed by atoms with Gasteiger partial charge in [-0.2, -0.15) is 0 Å². The fraction of sp³-hybridized carbons (Fsp3) is 0.500. The summed E-state index contributed by atoms with van der Waals surface area (Å²) in [6.45, 7) is 3.88. The normalized spacial score (nSPS) is 15.6. The Hall–Kier alpha value is -3.15. The van der Waals surface area contributed by atoms with E-state index >= 15 is 0 Å². The molecule has 3 rings (SSSR count). The minimum Gasteiger partial charge on any atom is -0.357 e. The molecule has 4 amide bonds. The molecule has 0 spiro atoms. The topological polar surface area (TPSA) is 191 Å². The van der Waals surface area contributed by atoms with Gasteiger partial charge in [-0.3, -0.25) is 34.0 Å². The summed E-state index contributed by atoms with van der Waals surface area (Å²) < 4.78 is 12.6. The van der Waals surface area contributed by atoms with Gasteiger partial charge in [0.05, 0.1) is 6.04 Å². The van der Waals surface area contributed by atoms with Crippen LogP contribution in [-0.2, 0) is 14.2 Å². The molecule has 1 aliphatic rings. The molecule has 2 aromatic rings. The Bertz CT molecular complexity index is 1280. The zero-order valence-corrected chi connectivity index (χ0v) is 24.5. The van der Waals surface area contributed by atoms with Crippen LogP contribution in [0.4, 0.5) is 0 Å². The van der Waals surface area contributed by atoms with Crippen LogP contribution in [0.2, 0.25) is 0 Å². The third kappa shape index (κ3) is 7.99. The largest absolute Gasteiger partial charge is 0.357 e. The van der Waals surface area contributed by atoms with Crippen molar-refractivity contribution in [3.8, 4) is 0 Å². The molecule has 0 aromatic heterocycles. The van der Waals surface area contributed by atoms with E-state index in [9.17, 15) is 33.5 Å². The molecule has 1 unspecified atom stereocenters. The Morgan fingerprint density at radius 1 is 0.951 bits per heavy atom. The second kappa shape index (κ2) is 14.2.